The molecule has 1 aliphatic rings. The van der Waals surface area contributed by atoms with E-state index in [2.05, 4.69) is 103 Å². The first-order valence-electron chi connectivity index (χ1n) is 9.50. The van der Waals surface area contributed by atoms with Gasteiger partial charge < -0.3 is 0 Å². The topological polar surface area (TPSA) is 0 Å². The first kappa shape index (κ1) is 14.8. The molecule has 0 bridgehead atoms. The highest BCUT2D eigenvalue weighted by molar-refractivity contribution is 6.09. The maximum atomic E-state index is 2.40. The van der Waals surface area contributed by atoms with Gasteiger partial charge in [-0.2, -0.15) is 0 Å². The minimum atomic E-state index is 0.284. The number of hydrogen-bond donors (Lipinski definition) is 0. The molecule has 0 radical (unpaired) electrons. The van der Waals surface area contributed by atoms with Gasteiger partial charge >= 0.3 is 0 Å². The van der Waals surface area contributed by atoms with Crippen LogP contribution in [0.15, 0.2) is 103 Å². The van der Waals surface area contributed by atoms with Crippen LogP contribution in [-0.4, -0.2) is 0 Å². The lowest BCUT2D eigenvalue weighted by molar-refractivity contribution is 1.03. The maximum absolute atomic E-state index is 2.40. The third-order valence-corrected chi connectivity index (χ3v) is 5.94. The molecule has 6 rings (SSSR count). The van der Waals surface area contributed by atoms with Gasteiger partial charge in [0.1, 0.15) is 0 Å². The molecule has 0 saturated carbocycles. The van der Waals surface area contributed by atoms with E-state index >= 15 is 0 Å². The Morgan fingerprint density at radius 1 is 0.407 bits per heavy atom. The van der Waals surface area contributed by atoms with Crippen LogP contribution in [0.2, 0.25) is 0 Å². The lowest BCUT2D eigenvalue weighted by Crippen LogP contribution is -2.00. The number of rotatable bonds is 1. The molecule has 0 unspecified atom stereocenters. The van der Waals surface area contributed by atoms with E-state index in [1.165, 1.54) is 49.4 Å². The van der Waals surface area contributed by atoms with Gasteiger partial charge in [-0.3, -0.25) is 0 Å². The van der Waals surface area contributed by atoms with Crippen molar-refractivity contribution in [2.75, 3.05) is 0 Å². The largest absolute Gasteiger partial charge is 0.0619 e. The summed E-state index contributed by atoms with van der Waals surface area (Å²) in [5, 5.41) is 5.34. The van der Waals surface area contributed by atoms with E-state index in [4.69, 9.17) is 0 Å². The summed E-state index contributed by atoms with van der Waals surface area (Å²) in [7, 11) is 0. The summed E-state index contributed by atoms with van der Waals surface area (Å²) < 4.78 is 0. The lowest BCUT2D eigenvalue weighted by atomic mass is 9.84. The number of benzene rings is 5. The van der Waals surface area contributed by atoms with E-state index in [-0.39, 0.29) is 5.92 Å². The second kappa shape index (κ2) is 5.56. The minimum absolute atomic E-state index is 0.284. The van der Waals surface area contributed by atoms with E-state index < -0.39 is 0 Å². The van der Waals surface area contributed by atoms with Crippen molar-refractivity contribution in [3.8, 4) is 11.1 Å². The van der Waals surface area contributed by atoms with Crippen molar-refractivity contribution >= 4 is 21.5 Å². The summed E-state index contributed by atoms with van der Waals surface area (Å²) in [5.41, 5.74) is 6.98. The second-order valence-corrected chi connectivity index (χ2v) is 7.34. The highest BCUT2D eigenvalue weighted by Gasteiger charge is 2.30. The average Bonchev–Trinajstić information content (AvgIpc) is 3.08. The van der Waals surface area contributed by atoms with Crippen molar-refractivity contribution in [1.82, 2.24) is 0 Å². The molecule has 0 nitrogen and oxygen atoms in total. The summed E-state index contributed by atoms with van der Waals surface area (Å²) in [6, 6.07) is 37.7. The zero-order valence-electron chi connectivity index (χ0n) is 14.9. The Hall–Kier alpha value is -3.38. The predicted octanol–water partition coefficient (Wildman–Crippen LogP) is 7.15. The summed E-state index contributed by atoms with van der Waals surface area (Å²) in [6.07, 6.45) is 0. The Morgan fingerprint density at radius 3 is 1.63 bits per heavy atom. The Kier molecular flexibility index (Phi) is 3.04. The fourth-order valence-electron chi connectivity index (χ4n) is 4.81. The maximum Gasteiger partial charge on any atom is 0.0358 e. The zero-order valence-corrected chi connectivity index (χ0v) is 14.9. The first-order valence-corrected chi connectivity index (χ1v) is 9.50. The van der Waals surface area contributed by atoms with Gasteiger partial charge in [-0.05, 0) is 55.4 Å². The van der Waals surface area contributed by atoms with Crippen LogP contribution in [0.5, 0.6) is 0 Å². The minimum Gasteiger partial charge on any atom is -0.0619 e. The van der Waals surface area contributed by atoms with Crippen molar-refractivity contribution in [3.05, 3.63) is 120 Å². The van der Waals surface area contributed by atoms with Gasteiger partial charge in [0, 0.05) is 5.92 Å². The lowest BCUT2D eigenvalue weighted by Gasteiger charge is -2.18. The molecule has 0 N–H and O–H groups in total. The van der Waals surface area contributed by atoms with Crippen molar-refractivity contribution in [1.29, 1.82) is 0 Å². The summed E-state index contributed by atoms with van der Waals surface area (Å²) >= 11 is 0. The zero-order chi connectivity index (χ0) is 17.8. The van der Waals surface area contributed by atoms with Crippen LogP contribution in [0.4, 0.5) is 0 Å². The fraction of sp³-hybridized carbons (Fsp3) is 0.0370. The highest BCUT2D eigenvalue weighted by atomic mass is 14.3. The molecule has 0 heterocycles. The quantitative estimate of drug-likeness (QED) is 0.278. The van der Waals surface area contributed by atoms with Crippen LogP contribution >= 0.6 is 0 Å². The average molecular weight is 342 g/mol. The van der Waals surface area contributed by atoms with E-state index in [9.17, 15) is 0 Å². The summed E-state index contributed by atoms with van der Waals surface area (Å²) in [6.45, 7) is 0. The van der Waals surface area contributed by atoms with Crippen LogP contribution < -0.4 is 0 Å². The summed E-state index contributed by atoms with van der Waals surface area (Å²) in [4.78, 5) is 0. The van der Waals surface area contributed by atoms with Crippen molar-refractivity contribution in [2.45, 2.75) is 5.92 Å². The van der Waals surface area contributed by atoms with Gasteiger partial charge in [-0.25, -0.2) is 0 Å². The third kappa shape index (κ3) is 2.04. The molecule has 27 heavy (non-hydrogen) atoms. The van der Waals surface area contributed by atoms with Gasteiger partial charge in [0.2, 0.25) is 0 Å². The molecular weight excluding hydrogens is 324 g/mol. The third-order valence-electron chi connectivity index (χ3n) is 5.94. The molecule has 5 aromatic rings. The molecule has 0 aliphatic heterocycles. The molecule has 1 aliphatic carbocycles. The molecule has 0 heteroatoms. The van der Waals surface area contributed by atoms with Gasteiger partial charge in [-0.1, -0.05) is 97.1 Å². The Bertz CT molecular complexity index is 1280. The van der Waals surface area contributed by atoms with Crippen LogP contribution in [0.3, 0.4) is 0 Å². The standard InChI is InChI=1S/C27H18/c1-2-10-19-18(9-1)17-26(23-14-4-3-11-20(19)23)27-24-15-7-5-12-21(24)22-13-6-8-16-25(22)27/h1-17,27H. The Labute approximate surface area is 158 Å². The van der Waals surface area contributed by atoms with Crippen LogP contribution in [-0.2, 0) is 0 Å². The molecule has 0 atom stereocenters. The van der Waals surface area contributed by atoms with Gasteiger partial charge in [0.25, 0.3) is 0 Å². The molecule has 0 aromatic heterocycles. The van der Waals surface area contributed by atoms with Crippen molar-refractivity contribution < 1.29 is 0 Å². The molecule has 5 aromatic carbocycles. The molecular formula is C27H18. The molecule has 0 spiro atoms. The van der Waals surface area contributed by atoms with Crippen molar-refractivity contribution in [3.63, 3.8) is 0 Å². The number of fused-ring (bicyclic) bond motifs is 6. The van der Waals surface area contributed by atoms with Crippen LogP contribution in [0.25, 0.3) is 32.7 Å². The normalized spacial score (nSPS) is 13.0. The number of hydrogen-bond acceptors (Lipinski definition) is 0. The predicted molar refractivity (Wildman–Crippen MR) is 114 cm³/mol. The van der Waals surface area contributed by atoms with Crippen LogP contribution in [0.1, 0.15) is 22.6 Å². The highest BCUT2D eigenvalue weighted by Crippen LogP contribution is 2.49. The van der Waals surface area contributed by atoms with E-state index in [0.717, 1.165) is 0 Å². The molecule has 0 amide bonds. The van der Waals surface area contributed by atoms with E-state index in [1.54, 1.807) is 0 Å². The van der Waals surface area contributed by atoms with Gasteiger partial charge in [-0.15, -0.1) is 0 Å². The molecule has 0 fully saturated rings. The van der Waals surface area contributed by atoms with E-state index in [0.29, 0.717) is 0 Å². The van der Waals surface area contributed by atoms with Gasteiger partial charge in [0.15, 0.2) is 0 Å². The Morgan fingerprint density at radius 2 is 0.926 bits per heavy atom. The van der Waals surface area contributed by atoms with Gasteiger partial charge in [0.05, 0.1) is 0 Å². The second-order valence-electron chi connectivity index (χ2n) is 7.34. The van der Waals surface area contributed by atoms with Crippen molar-refractivity contribution in [2.24, 2.45) is 0 Å². The SMILES string of the molecule is c1ccc2c(c1)-c1ccccc1C2c1cc2ccccc2c2ccccc12. The Balaban J connectivity index is 1.76. The monoisotopic (exact) mass is 342 g/mol. The first-order chi connectivity index (χ1) is 13.4. The van der Waals surface area contributed by atoms with Crippen LogP contribution in [0, 0.1) is 0 Å². The summed E-state index contributed by atoms with van der Waals surface area (Å²) in [5.74, 6) is 0.284. The smallest absolute Gasteiger partial charge is 0.0358 e. The molecule has 0 saturated heterocycles. The van der Waals surface area contributed by atoms with E-state index in [1.807, 2.05) is 0 Å². The molecule has 126 valence electrons. The fourth-order valence-corrected chi connectivity index (χ4v) is 4.81.